The summed E-state index contributed by atoms with van der Waals surface area (Å²) in [7, 11) is -0.818. The van der Waals surface area contributed by atoms with Gasteiger partial charge in [0, 0.05) is 13.1 Å². The van der Waals surface area contributed by atoms with Crippen LogP contribution >= 0.6 is 23.2 Å². The number of ether oxygens (including phenoxy) is 1. The molecule has 6 rings (SSSR count). The van der Waals surface area contributed by atoms with Crippen LogP contribution in [-0.2, 0) is 30.0 Å². The lowest BCUT2D eigenvalue weighted by Gasteiger charge is -2.21. The molecule has 0 unspecified atom stereocenters. The van der Waals surface area contributed by atoms with Gasteiger partial charge >= 0.3 is 0 Å². The number of hydrogen-bond donors (Lipinski definition) is 1. The van der Waals surface area contributed by atoms with Gasteiger partial charge in [-0.1, -0.05) is 35.3 Å². The van der Waals surface area contributed by atoms with E-state index in [0.717, 1.165) is 28.8 Å². The number of rotatable bonds is 9. The normalized spacial score (nSPS) is 12.5. The van der Waals surface area contributed by atoms with E-state index in [4.69, 9.17) is 33.7 Å². The number of pyridine rings is 1. The smallest absolute Gasteiger partial charge is 0.267 e. The van der Waals surface area contributed by atoms with Crippen LogP contribution in [0.3, 0.4) is 0 Å². The van der Waals surface area contributed by atoms with Crippen LogP contribution in [0.15, 0.2) is 71.5 Å². The van der Waals surface area contributed by atoms with Gasteiger partial charge in [-0.3, -0.25) is 14.0 Å². The van der Waals surface area contributed by atoms with Gasteiger partial charge < -0.3 is 10.5 Å². The molecular formula is C32H27Cl2F2N7O4S. The van der Waals surface area contributed by atoms with Crippen LogP contribution < -0.4 is 20.3 Å². The maximum atomic E-state index is 14.2. The summed E-state index contributed by atoms with van der Waals surface area (Å²) in [6.07, 6.45) is 0.946. The van der Waals surface area contributed by atoms with Crippen molar-refractivity contribution in [2.24, 2.45) is 12.8 Å². The molecule has 0 bridgehead atoms. The van der Waals surface area contributed by atoms with E-state index in [1.165, 1.54) is 34.6 Å². The minimum atomic E-state index is -3.92. The summed E-state index contributed by atoms with van der Waals surface area (Å²) < 4.78 is 63.6. The molecule has 0 aliphatic carbocycles. The van der Waals surface area contributed by atoms with Crippen LogP contribution in [0.4, 0.5) is 14.6 Å². The van der Waals surface area contributed by atoms with Gasteiger partial charge in [-0.25, -0.2) is 31.5 Å². The molecule has 0 amide bonds. The highest BCUT2D eigenvalue weighted by Crippen LogP contribution is 2.38. The Morgan fingerprint density at radius 1 is 0.979 bits per heavy atom. The molecule has 3 aromatic heterocycles. The zero-order valence-corrected chi connectivity index (χ0v) is 28.0. The highest BCUT2D eigenvalue weighted by molar-refractivity contribution is 7.92. The van der Waals surface area contributed by atoms with Gasteiger partial charge in [-0.15, -0.1) is 0 Å². The van der Waals surface area contributed by atoms with Crippen molar-refractivity contribution in [3.05, 3.63) is 116 Å². The summed E-state index contributed by atoms with van der Waals surface area (Å²) in [6, 6.07) is 14.8. The first-order valence-electron chi connectivity index (χ1n) is 14.3. The predicted octanol–water partition coefficient (Wildman–Crippen LogP) is 5.47. The molecule has 0 fully saturated rings. The van der Waals surface area contributed by atoms with Crippen molar-refractivity contribution >= 4 is 61.0 Å². The van der Waals surface area contributed by atoms with Gasteiger partial charge in [0.05, 0.1) is 53.0 Å². The van der Waals surface area contributed by atoms with E-state index in [1.54, 1.807) is 37.4 Å². The van der Waals surface area contributed by atoms with Crippen molar-refractivity contribution in [2.75, 3.05) is 17.7 Å². The van der Waals surface area contributed by atoms with E-state index < -0.39 is 33.3 Å². The molecule has 0 spiro atoms. The molecule has 248 valence electrons. The van der Waals surface area contributed by atoms with Gasteiger partial charge in [0.2, 0.25) is 10.0 Å². The fraction of sp³-hybridized carbons (Fsp3) is 0.188. The van der Waals surface area contributed by atoms with Crippen LogP contribution in [0.2, 0.25) is 10.2 Å². The number of halogens is 4. The highest BCUT2D eigenvalue weighted by atomic mass is 35.5. The van der Waals surface area contributed by atoms with E-state index in [9.17, 15) is 22.0 Å². The third-order valence-corrected chi connectivity index (χ3v) is 9.32. The first-order valence-corrected chi connectivity index (χ1v) is 16.9. The second-order valence-corrected chi connectivity index (χ2v) is 13.8. The second kappa shape index (κ2) is 12.8. The van der Waals surface area contributed by atoms with Gasteiger partial charge in [0.1, 0.15) is 28.4 Å². The summed E-state index contributed by atoms with van der Waals surface area (Å²) >= 11 is 12.9. The van der Waals surface area contributed by atoms with E-state index in [0.29, 0.717) is 11.3 Å². The maximum Gasteiger partial charge on any atom is 0.267 e. The minimum absolute atomic E-state index is 0.00323. The Kier molecular flexibility index (Phi) is 8.85. The molecule has 2 N–H and O–H groups in total. The molecular weight excluding hydrogens is 687 g/mol. The van der Waals surface area contributed by atoms with Crippen molar-refractivity contribution in [2.45, 2.75) is 19.0 Å². The fourth-order valence-corrected chi connectivity index (χ4v) is 6.76. The molecule has 0 saturated heterocycles. The average molecular weight is 715 g/mol. The lowest BCUT2D eigenvalue weighted by Crippen LogP contribution is -2.30. The number of hydrogen-bond acceptors (Lipinski definition) is 8. The first kappa shape index (κ1) is 33.3. The SMILES string of the molecule is COc1ccc(CN(c2nn(C)c3c(-n4c([C@@H](N)Cc5cc(F)cc(F)c5)nc5nc(Cl)ccc5c4=O)ccc(Cl)c23)S(C)(=O)=O)cc1. The van der Waals surface area contributed by atoms with Crippen LogP contribution in [0, 0.1) is 11.6 Å². The number of fused-ring (bicyclic) bond motifs is 2. The number of benzene rings is 3. The Morgan fingerprint density at radius 3 is 2.31 bits per heavy atom. The van der Waals surface area contributed by atoms with Crippen LogP contribution in [0.25, 0.3) is 27.6 Å². The number of aryl methyl sites for hydroxylation is 1. The van der Waals surface area contributed by atoms with Gasteiger partial charge in [-0.2, -0.15) is 5.10 Å². The van der Waals surface area contributed by atoms with Crippen molar-refractivity contribution < 1.29 is 21.9 Å². The molecule has 48 heavy (non-hydrogen) atoms. The topological polar surface area (TPSA) is 138 Å². The Hall–Kier alpha value is -4.63. The molecule has 3 heterocycles. The third-order valence-electron chi connectivity index (χ3n) is 7.69. The molecule has 3 aromatic carbocycles. The zero-order valence-electron chi connectivity index (χ0n) is 25.7. The number of aromatic nitrogens is 5. The van der Waals surface area contributed by atoms with Crippen LogP contribution in [0.1, 0.15) is 23.0 Å². The second-order valence-electron chi connectivity index (χ2n) is 11.1. The zero-order chi connectivity index (χ0) is 34.5. The van der Waals surface area contributed by atoms with E-state index in [2.05, 4.69) is 15.1 Å². The summed E-state index contributed by atoms with van der Waals surface area (Å²) in [5.74, 6) is -0.961. The Bertz CT molecular complexity index is 2370. The lowest BCUT2D eigenvalue weighted by molar-refractivity contribution is 0.414. The molecule has 6 aromatic rings. The first-order chi connectivity index (χ1) is 22.7. The molecule has 0 radical (unpaired) electrons. The minimum Gasteiger partial charge on any atom is -0.497 e. The van der Waals surface area contributed by atoms with E-state index in [-0.39, 0.29) is 68.0 Å². The summed E-state index contributed by atoms with van der Waals surface area (Å²) in [5, 5.41) is 5.17. The number of nitrogens with two attached hydrogens (primary N) is 1. The summed E-state index contributed by atoms with van der Waals surface area (Å²) in [6.45, 7) is -0.0836. The number of nitrogens with zero attached hydrogens (tertiary/aromatic N) is 6. The molecule has 0 aliphatic rings. The van der Waals surface area contributed by atoms with Crippen LogP contribution in [0.5, 0.6) is 5.75 Å². The van der Waals surface area contributed by atoms with Crippen molar-refractivity contribution in [3.8, 4) is 11.4 Å². The van der Waals surface area contributed by atoms with E-state index >= 15 is 0 Å². The van der Waals surface area contributed by atoms with Gasteiger partial charge in [0.25, 0.3) is 5.56 Å². The molecule has 0 saturated carbocycles. The Labute approximate surface area is 283 Å². The Balaban J connectivity index is 1.58. The quantitative estimate of drug-likeness (QED) is 0.195. The maximum absolute atomic E-state index is 14.2. The predicted molar refractivity (Wildman–Crippen MR) is 180 cm³/mol. The largest absolute Gasteiger partial charge is 0.497 e. The van der Waals surface area contributed by atoms with Crippen molar-refractivity contribution in [1.29, 1.82) is 0 Å². The average Bonchev–Trinajstić information content (AvgIpc) is 3.36. The van der Waals surface area contributed by atoms with E-state index in [1.807, 2.05) is 0 Å². The van der Waals surface area contributed by atoms with Gasteiger partial charge in [0.15, 0.2) is 11.5 Å². The van der Waals surface area contributed by atoms with Gasteiger partial charge in [-0.05, 0) is 66.1 Å². The highest BCUT2D eigenvalue weighted by Gasteiger charge is 2.29. The number of methoxy groups -OCH3 is 1. The lowest BCUT2D eigenvalue weighted by atomic mass is 10.0. The summed E-state index contributed by atoms with van der Waals surface area (Å²) in [4.78, 5) is 23.0. The number of sulfonamides is 1. The van der Waals surface area contributed by atoms with Crippen molar-refractivity contribution in [1.82, 2.24) is 24.3 Å². The molecule has 0 aliphatic heterocycles. The Morgan fingerprint density at radius 2 is 1.67 bits per heavy atom. The van der Waals surface area contributed by atoms with Crippen LogP contribution in [-0.4, -0.2) is 46.1 Å². The monoisotopic (exact) mass is 713 g/mol. The number of anilines is 1. The summed E-state index contributed by atoms with van der Waals surface area (Å²) in [5.41, 5.74) is 7.44. The standard InChI is InChI=1S/C32H27Cl2F2N7O4S/c1-41-28-25(10-9-23(33)27(28)31(40-41)42(48(3,45)46)16-17-4-6-21(47-2)7-5-17)43-30(24(37)14-18-12-19(35)15-20(36)13-18)39-29-22(32(43)44)8-11-26(34)38-29/h4-13,15,24H,14,16,37H2,1-3H3/t24-/m0/s1. The molecule has 11 nitrogen and oxygen atoms in total. The fourth-order valence-electron chi connectivity index (χ4n) is 5.55. The third kappa shape index (κ3) is 6.31. The van der Waals surface area contributed by atoms with Crippen molar-refractivity contribution in [3.63, 3.8) is 0 Å². The molecule has 1 atom stereocenters. The molecule has 16 heteroatoms.